The lowest BCUT2D eigenvalue weighted by molar-refractivity contribution is -0.138. The van der Waals surface area contributed by atoms with Gasteiger partial charge in [-0.2, -0.15) is 26.3 Å². The molecule has 0 unspecified atom stereocenters. The molecule has 0 atom stereocenters. The van der Waals surface area contributed by atoms with E-state index in [4.69, 9.17) is 0 Å². The van der Waals surface area contributed by atoms with Gasteiger partial charge in [0.05, 0.1) is 22.3 Å². The fourth-order valence-electron chi connectivity index (χ4n) is 14.3. The molecule has 0 heterocycles. The van der Waals surface area contributed by atoms with E-state index in [1.807, 2.05) is 36.4 Å². The van der Waals surface area contributed by atoms with Gasteiger partial charge in [0.15, 0.2) is 23.1 Å². The van der Waals surface area contributed by atoms with Gasteiger partial charge in [0, 0.05) is 38.8 Å². The van der Waals surface area contributed by atoms with Gasteiger partial charge in [-0.3, -0.25) is 19.2 Å². The van der Waals surface area contributed by atoms with E-state index in [0.29, 0.717) is 77.9 Å². The molecule has 13 rings (SSSR count). The Labute approximate surface area is 490 Å². The van der Waals surface area contributed by atoms with E-state index in [1.54, 1.807) is 48.5 Å². The Morgan fingerprint density at radius 1 is 0.294 bits per heavy atom. The molecule has 4 nitrogen and oxygen atoms in total. The lowest BCUT2D eigenvalue weighted by Crippen LogP contribution is -2.26. The Hall–Kier alpha value is -8.50. The second kappa shape index (κ2) is 21.5. The van der Waals surface area contributed by atoms with Gasteiger partial charge in [-0.05, 0) is 163 Å². The molecule has 0 aliphatic heterocycles. The molecule has 0 fully saturated rings. The first kappa shape index (κ1) is 55.7. The summed E-state index contributed by atoms with van der Waals surface area (Å²) in [5, 5.41) is 0. The van der Waals surface area contributed by atoms with Gasteiger partial charge in [0.25, 0.3) is 0 Å². The number of fused-ring (bicyclic) bond motifs is 11. The Kier molecular flexibility index (Phi) is 14.1. The van der Waals surface area contributed by atoms with Crippen LogP contribution in [0.25, 0.3) is 66.8 Å². The summed E-state index contributed by atoms with van der Waals surface area (Å²) in [6.07, 6.45) is 5.40. The topological polar surface area (TPSA) is 68.3 Å². The third-order valence-electron chi connectivity index (χ3n) is 18.6. The first-order valence-corrected chi connectivity index (χ1v) is 29.9. The van der Waals surface area contributed by atoms with Crippen molar-refractivity contribution in [1.29, 1.82) is 0 Å². The molecule has 8 aromatic carbocycles. The Morgan fingerprint density at radius 2 is 0.612 bits per heavy atom. The van der Waals surface area contributed by atoms with Crippen molar-refractivity contribution < 1.29 is 45.5 Å². The highest BCUT2D eigenvalue weighted by Gasteiger charge is 2.48. The van der Waals surface area contributed by atoms with Crippen LogP contribution in [0, 0.1) is 0 Å². The number of Topliss-reactive ketones (excluding diaryl/α,β-unsaturated/α-hetero) is 4. The molecule has 8 aromatic rings. The van der Waals surface area contributed by atoms with Crippen LogP contribution in [0.3, 0.4) is 0 Å². The van der Waals surface area contributed by atoms with Crippen molar-refractivity contribution in [2.24, 2.45) is 0 Å². The molecule has 0 saturated carbocycles. The maximum absolute atomic E-state index is 14.9. The molecule has 5 aliphatic carbocycles. The van der Waals surface area contributed by atoms with Crippen LogP contribution in [0.15, 0.2) is 169 Å². The molecule has 0 aromatic heterocycles. The minimum absolute atomic E-state index is 0.0208. The maximum Gasteiger partial charge on any atom is 0.416 e. The van der Waals surface area contributed by atoms with E-state index in [9.17, 15) is 45.5 Å². The quantitative estimate of drug-likeness (QED) is 0.0418. The highest BCUT2D eigenvalue weighted by molar-refractivity contribution is 6.45. The number of hydrogen-bond acceptors (Lipinski definition) is 4. The zero-order valence-corrected chi connectivity index (χ0v) is 47.3. The number of rotatable bonds is 16. The molecule has 0 saturated heterocycles. The number of hydrogen-bond donors (Lipinski definition) is 0. The predicted octanol–water partition coefficient (Wildman–Crippen LogP) is 20.5. The number of benzene rings is 8. The summed E-state index contributed by atoms with van der Waals surface area (Å²) >= 11 is 0. The largest absolute Gasteiger partial charge is 0.416 e. The lowest BCUT2D eigenvalue weighted by Gasteiger charge is -2.33. The molecule has 0 bridgehead atoms. The molecular weight excluding hydrogens is 1080 g/mol. The molecule has 10 heteroatoms. The minimum atomic E-state index is -4.53. The Bertz CT molecular complexity index is 3840. The van der Waals surface area contributed by atoms with E-state index in [1.165, 1.54) is 24.3 Å². The van der Waals surface area contributed by atoms with Crippen molar-refractivity contribution in [3.05, 3.63) is 236 Å². The van der Waals surface area contributed by atoms with Crippen LogP contribution in [0.2, 0.25) is 0 Å². The van der Waals surface area contributed by atoms with Crippen LogP contribution in [-0.2, 0) is 17.8 Å². The number of halogens is 6. The average molecular weight is 1140 g/mol. The fourth-order valence-corrected chi connectivity index (χ4v) is 14.3. The first-order chi connectivity index (χ1) is 41.0. The summed E-state index contributed by atoms with van der Waals surface area (Å²) in [5.74, 6) is -1.65. The number of carbonyl (C=O) groups excluding carboxylic acids is 4. The van der Waals surface area contributed by atoms with Crippen LogP contribution in [0.5, 0.6) is 0 Å². The summed E-state index contributed by atoms with van der Waals surface area (Å²) in [6, 6.07) is 43.8. The number of alkyl halides is 6. The molecule has 5 aliphatic rings. The molecule has 0 spiro atoms. The third kappa shape index (κ3) is 9.29. The van der Waals surface area contributed by atoms with Crippen LogP contribution >= 0.6 is 0 Å². The predicted molar refractivity (Wildman–Crippen MR) is 323 cm³/mol. The molecule has 85 heavy (non-hydrogen) atoms. The summed E-state index contributed by atoms with van der Waals surface area (Å²) in [6.45, 7) is 4.41. The third-order valence-corrected chi connectivity index (χ3v) is 18.6. The van der Waals surface area contributed by atoms with Gasteiger partial charge < -0.3 is 0 Å². The Balaban J connectivity index is 1.06. The number of carbonyl (C=O) groups is 4. The van der Waals surface area contributed by atoms with Gasteiger partial charge in [0.1, 0.15) is 0 Å². The van der Waals surface area contributed by atoms with Crippen molar-refractivity contribution in [3.63, 3.8) is 0 Å². The van der Waals surface area contributed by atoms with Gasteiger partial charge in [-0.15, -0.1) is 0 Å². The van der Waals surface area contributed by atoms with E-state index in [0.717, 1.165) is 159 Å². The molecule has 0 amide bonds. The van der Waals surface area contributed by atoms with Gasteiger partial charge in [-0.1, -0.05) is 188 Å². The minimum Gasteiger partial charge on any atom is -0.288 e. The average Bonchev–Trinajstić information content (AvgIpc) is 2.18. The molecule has 426 valence electrons. The molecule has 0 N–H and O–H groups in total. The van der Waals surface area contributed by atoms with Crippen molar-refractivity contribution in [2.45, 2.75) is 122 Å². The van der Waals surface area contributed by atoms with Crippen LogP contribution in [0.4, 0.5) is 26.3 Å². The monoisotopic (exact) mass is 1140 g/mol. The summed E-state index contributed by atoms with van der Waals surface area (Å²) in [5.41, 5.74) is 12.2. The second-order valence-electron chi connectivity index (χ2n) is 23.6. The normalized spacial score (nSPS) is 15.1. The maximum atomic E-state index is 14.9. The summed E-state index contributed by atoms with van der Waals surface area (Å²) in [4.78, 5) is 59.5. The smallest absolute Gasteiger partial charge is 0.288 e. The van der Waals surface area contributed by atoms with Crippen LogP contribution < -0.4 is 0 Å². The van der Waals surface area contributed by atoms with Crippen molar-refractivity contribution >= 4 is 34.3 Å². The van der Waals surface area contributed by atoms with E-state index >= 15 is 0 Å². The molecular formula is C75H60F6O4. The second-order valence-corrected chi connectivity index (χ2v) is 23.6. The van der Waals surface area contributed by atoms with Crippen LogP contribution in [0.1, 0.15) is 190 Å². The van der Waals surface area contributed by atoms with E-state index in [-0.39, 0.29) is 11.1 Å². The van der Waals surface area contributed by atoms with E-state index < -0.39 is 52.0 Å². The first-order valence-electron chi connectivity index (χ1n) is 29.9. The fraction of sp³-hybridized carbons (Fsp3) is 0.253. The lowest BCUT2D eigenvalue weighted by atomic mass is 9.69. The molecule has 0 radical (unpaired) electrons. The van der Waals surface area contributed by atoms with Gasteiger partial charge >= 0.3 is 12.4 Å². The van der Waals surface area contributed by atoms with Gasteiger partial charge in [0.2, 0.25) is 0 Å². The zero-order valence-electron chi connectivity index (χ0n) is 47.3. The number of allylic oxidation sites excluding steroid dienone is 2. The van der Waals surface area contributed by atoms with Crippen LogP contribution in [-0.4, -0.2) is 23.1 Å². The highest BCUT2D eigenvalue weighted by Crippen LogP contribution is 2.62. The van der Waals surface area contributed by atoms with Crippen molar-refractivity contribution in [2.75, 3.05) is 0 Å². The Morgan fingerprint density at radius 3 is 0.953 bits per heavy atom. The summed E-state index contributed by atoms with van der Waals surface area (Å²) in [7, 11) is 0. The zero-order chi connectivity index (χ0) is 59.1. The van der Waals surface area contributed by atoms with Crippen molar-refractivity contribution in [3.8, 4) is 55.6 Å². The summed E-state index contributed by atoms with van der Waals surface area (Å²) < 4.78 is 83.1. The number of ketones is 4. The highest BCUT2D eigenvalue weighted by atomic mass is 19.4. The van der Waals surface area contributed by atoms with Crippen molar-refractivity contribution in [1.82, 2.24) is 0 Å². The standard InChI is InChI=1S/C75H60F6O4/c1-3-5-7-9-11-17-35-73(36-18-12-10-8-6-4-2)63-41-55-49-33-27-45(43-23-29-47(30-24-43)74(76,77)78)37-59(49)65(67-69(82)51-19-13-14-20-52(51)70(67)83)61(55)39-57(63)58-40-62-56(42-64(58)73)50-34-28-46(44-25-31-48(32-26-44)75(79,80)81)38-60(50)66(62)68-71(84)53-21-15-16-22-54(53)72(68)85/h13-16,19-34,37-42H,3-12,17-18,35-36H2,1-2H3. The number of unbranched alkanes of at least 4 members (excludes halogenated alkanes) is 10. The SMILES string of the molecule is CCCCCCCCC1(CCCCCCCC)c2cc3c(cc2-c2cc4c(cc21)-c1ccc(-c2ccc(C(F)(F)F)cc2)cc1C4=C1C(=O)c2ccccc2C1=O)C(=C1C(=O)c2ccccc2C1=O)c1cc(-c2ccc(C(F)(F)F)cc2)ccc1-3. The van der Waals surface area contributed by atoms with Gasteiger partial charge in [-0.25, -0.2) is 0 Å². The van der Waals surface area contributed by atoms with E-state index in [2.05, 4.69) is 38.1 Å².